The van der Waals surface area contributed by atoms with Crippen LogP contribution in [0.15, 0.2) is 40.1 Å². The third-order valence-electron chi connectivity index (χ3n) is 5.11. The minimum atomic E-state index is -0.731. The van der Waals surface area contributed by atoms with Crippen LogP contribution in [0.4, 0.5) is 16.2 Å². The van der Waals surface area contributed by atoms with Crippen LogP contribution in [0.1, 0.15) is 73.4 Å². The maximum atomic E-state index is 12.6. The Hall–Kier alpha value is -2.74. The van der Waals surface area contributed by atoms with Crippen molar-refractivity contribution in [1.82, 2.24) is 0 Å². The number of nitro benzene ring substituents is 1. The minimum Gasteiger partial charge on any atom is -0.507 e. The summed E-state index contributed by atoms with van der Waals surface area (Å²) < 4.78 is 5.40. The second kappa shape index (κ2) is 9.49. The molecule has 0 radical (unpaired) electrons. The van der Waals surface area contributed by atoms with Crippen LogP contribution >= 0.6 is 11.8 Å². The second-order valence-electron chi connectivity index (χ2n) is 11.4. The molecule has 0 saturated heterocycles. The molecule has 0 aliphatic rings. The van der Waals surface area contributed by atoms with Crippen molar-refractivity contribution in [2.24, 2.45) is 0 Å². The lowest BCUT2D eigenvalue weighted by molar-refractivity contribution is -0.384. The van der Waals surface area contributed by atoms with E-state index in [2.05, 4.69) is 0 Å². The summed E-state index contributed by atoms with van der Waals surface area (Å²) in [6, 6.07) is 8.58. The summed E-state index contributed by atoms with van der Waals surface area (Å²) in [5, 5.41) is 22.6. The molecule has 186 valence electrons. The normalized spacial score (nSPS) is 12.4. The Kier molecular flexibility index (Phi) is 7.67. The van der Waals surface area contributed by atoms with Crippen LogP contribution in [0.5, 0.6) is 5.75 Å². The first-order chi connectivity index (χ1) is 15.3. The van der Waals surface area contributed by atoms with E-state index in [1.54, 1.807) is 32.9 Å². The lowest BCUT2D eigenvalue weighted by Gasteiger charge is -2.28. The predicted molar refractivity (Wildman–Crippen MR) is 137 cm³/mol. The smallest absolute Gasteiger partial charge is 0.414 e. The van der Waals surface area contributed by atoms with Crippen molar-refractivity contribution in [3.8, 4) is 5.75 Å². The highest BCUT2D eigenvalue weighted by molar-refractivity contribution is 7.99. The molecule has 0 heterocycles. The average Bonchev–Trinajstić information content (AvgIpc) is 2.65. The molecule has 8 heteroatoms. The van der Waals surface area contributed by atoms with Gasteiger partial charge in [0.1, 0.15) is 17.0 Å². The van der Waals surface area contributed by atoms with E-state index in [-0.39, 0.29) is 22.2 Å². The molecule has 2 aromatic carbocycles. The number of rotatable bonds is 4. The number of nitro groups is 1. The fourth-order valence-corrected chi connectivity index (χ4v) is 4.30. The number of nitrogens with zero attached hydrogens (tertiary/aromatic N) is 2. The SMILES string of the molecule is CN(C(=O)OC(C)(C)C)c1cc(Sc2cc(C(C)(C)C)c(O)c(C(C)(C)C)c2)ccc1[N+](=O)[O-]. The van der Waals surface area contributed by atoms with Crippen LogP contribution in [0.3, 0.4) is 0 Å². The maximum absolute atomic E-state index is 12.6. The molecule has 0 atom stereocenters. The molecule has 0 unspecified atom stereocenters. The number of benzene rings is 2. The van der Waals surface area contributed by atoms with Crippen molar-refractivity contribution >= 4 is 29.2 Å². The Morgan fingerprint density at radius 3 is 1.85 bits per heavy atom. The van der Waals surface area contributed by atoms with Crippen molar-refractivity contribution in [1.29, 1.82) is 0 Å². The molecule has 0 bridgehead atoms. The van der Waals surface area contributed by atoms with Gasteiger partial charge < -0.3 is 9.84 Å². The van der Waals surface area contributed by atoms with Crippen molar-refractivity contribution in [3.05, 3.63) is 51.6 Å². The Morgan fingerprint density at radius 1 is 0.941 bits per heavy atom. The predicted octanol–water partition coefficient (Wildman–Crippen LogP) is 7.42. The van der Waals surface area contributed by atoms with Gasteiger partial charge in [-0.25, -0.2) is 4.79 Å². The van der Waals surface area contributed by atoms with Crippen molar-refractivity contribution in [2.45, 2.75) is 88.5 Å². The summed E-state index contributed by atoms with van der Waals surface area (Å²) in [5.41, 5.74) is 0.331. The number of phenolic OH excluding ortho intramolecular Hbond substituents is 1. The van der Waals surface area contributed by atoms with Gasteiger partial charge in [0, 0.05) is 34.0 Å². The Labute approximate surface area is 206 Å². The van der Waals surface area contributed by atoms with Crippen molar-refractivity contribution < 1.29 is 19.6 Å². The monoisotopic (exact) mass is 488 g/mol. The van der Waals surface area contributed by atoms with E-state index in [1.807, 2.05) is 53.7 Å². The highest BCUT2D eigenvalue weighted by Gasteiger charge is 2.28. The molecule has 2 rings (SSSR count). The number of carbonyl (C=O) groups is 1. The van der Waals surface area contributed by atoms with Gasteiger partial charge in [0.2, 0.25) is 0 Å². The van der Waals surface area contributed by atoms with Gasteiger partial charge >= 0.3 is 6.09 Å². The summed E-state index contributed by atoms with van der Waals surface area (Å²) in [6.07, 6.45) is -0.674. The van der Waals surface area contributed by atoms with Gasteiger partial charge in [0.05, 0.1) is 4.92 Å². The van der Waals surface area contributed by atoms with Crippen LogP contribution in [-0.2, 0) is 15.6 Å². The number of hydrogen-bond acceptors (Lipinski definition) is 6. The summed E-state index contributed by atoms with van der Waals surface area (Å²) in [4.78, 5) is 26.5. The minimum absolute atomic E-state index is 0.148. The first kappa shape index (κ1) is 27.5. The summed E-state index contributed by atoms with van der Waals surface area (Å²) in [6.45, 7) is 17.5. The standard InChI is InChI=1S/C26H36N2O5S/c1-24(2,3)18-13-17(14-19(22(18)29)25(4,5)6)34-16-11-12-20(28(31)32)21(15-16)27(10)23(30)33-26(7,8)9/h11-15,29H,1-10H3. The maximum Gasteiger partial charge on any atom is 0.414 e. The molecule has 0 aliphatic heterocycles. The first-order valence-electron chi connectivity index (χ1n) is 11.1. The number of carbonyl (C=O) groups excluding carboxylic acids is 1. The zero-order chi connectivity index (χ0) is 26.2. The summed E-state index contributed by atoms with van der Waals surface area (Å²) >= 11 is 1.42. The van der Waals surface area contributed by atoms with Gasteiger partial charge in [0.15, 0.2) is 0 Å². The number of amides is 1. The number of hydrogen-bond donors (Lipinski definition) is 1. The number of aromatic hydroxyl groups is 1. The van der Waals surface area contributed by atoms with Gasteiger partial charge in [-0.3, -0.25) is 15.0 Å². The molecule has 0 spiro atoms. The molecule has 0 saturated carbocycles. The number of ether oxygens (including phenoxy) is 1. The molecule has 2 aromatic rings. The fourth-order valence-electron chi connectivity index (χ4n) is 3.36. The van der Waals surface area contributed by atoms with Gasteiger partial charge in [0.25, 0.3) is 5.69 Å². The molecule has 1 amide bonds. The van der Waals surface area contributed by atoms with Gasteiger partial charge in [-0.05, 0) is 55.9 Å². The molecular weight excluding hydrogens is 452 g/mol. The molecule has 1 N–H and O–H groups in total. The Balaban J connectivity index is 2.57. The van der Waals surface area contributed by atoms with E-state index in [9.17, 15) is 20.0 Å². The summed E-state index contributed by atoms with van der Waals surface area (Å²) in [7, 11) is 1.46. The fraction of sp³-hybridized carbons (Fsp3) is 0.500. The zero-order valence-electron chi connectivity index (χ0n) is 21.8. The molecule has 7 nitrogen and oxygen atoms in total. The van der Waals surface area contributed by atoms with E-state index in [1.165, 1.54) is 24.9 Å². The number of anilines is 1. The lowest BCUT2D eigenvalue weighted by Crippen LogP contribution is -2.34. The Bertz CT molecular complexity index is 1060. The van der Waals surface area contributed by atoms with Gasteiger partial charge in [-0.2, -0.15) is 0 Å². The Morgan fingerprint density at radius 2 is 1.44 bits per heavy atom. The number of phenols is 1. The van der Waals surface area contributed by atoms with E-state index >= 15 is 0 Å². The van der Waals surface area contributed by atoms with Gasteiger partial charge in [-0.15, -0.1) is 0 Å². The van der Waals surface area contributed by atoms with Crippen LogP contribution in [0.2, 0.25) is 0 Å². The molecule has 0 fully saturated rings. The third-order valence-corrected chi connectivity index (χ3v) is 6.07. The lowest BCUT2D eigenvalue weighted by atomic mass is 9.79. The average molecular weight is 489 g/mol. The van der Waals surface area contributed by atoms with Crippen LogP contribution < -0.4 is 4.90 Å². The van der Waals surface area contributed by atoms with E-state index in [4.69, 9.17) is 4.74 Å². The van der Waals surface area contributed by atoms with Crippen molar-refractivity contribution in [3.63, 3.8) is 0 Å². The summed E-state index contributed by atoms with van der Waals surface area (Å²) in [5.74, 6) is 0.290. The van der Waals surface area contributed by atoms with Gasteiger partial charge in [-0.1, -0.05) is 53.3 Å². The molecule has 0 aromatic heterocycles. The van der Waals surface area contributed by atoms with Crippen LogP contribution in [0.25, 0.3) is 0 Å². The highest BCUT2D eigenvalue weighted by Crippen LogP contribution is 2.44. The third kappa shape index (κ3) is 6.65. The molecular formula is C26H36N2O5S. The first-order valence-corrected chi connectivity index (χ1v) is 11.9. The molecule has 0 aliphatic carbocycles. The van der Waals surface area contributed by atoms with Crippen LogP contribution in [0, 0.1) is 10.1 Å². The zero-order valence-corrected chi connectivity index (χ0v) is 22.6. The van der Waals surface area contributed by atoms with E-state index < -0.39 is 16.6 Å². The van der Waals surface area contributed by atoms with Crippen molar-refractivity contribution in [2.75, 3.05) is 11.9 Å². The van der Waals surface area contributed by atoms with Crippen LogP contribution in [-0.4, -0.2) is 28.8 Å². The van der Waals surface area contributed by atoms with E-state index in [0.717, 1.165) is 25.8 Å². The molecule has 34 heavy (non-hydrogen) atoms. The van der Waals surface area contributed by atoms with E-state index in [0.29, 0.717) is 5.75 Å². The largest absolute Gasteiger partial charge is 0.507 e. The highest BCUT2D eigenvalue weighted by atomic mass is 32.2. The topological polar surface area (TPSA) is 92.9 Å². The second-order valence-corrected chi connectivity index (χ2v) is 12.6. The quantitative estimate of drug-likeness (QED) is 0.355.